The average molecular weight is 590 g/mol. The molecule has 6 nitrogen and oxygen atoms in total. The smallest absolute Gasteiger partial charge is 0.450 e. The van der Waals surface area contributed by atoms with E-state index in [1.165, 1.54) is 70.3 Å². The Bertz CT molecular complexity index is 1230. The molecule has 0 heterocycles. The largest absolute Gasteiger partial charge is 0.497 e. The topological polar surface area (TPSA) is 89.5 Å². The number of hydrogen-bond donors (Lipinski definition) is 1. The van der Waals surface area contributed by atoms with Crippen molar-refractivity contribution in [1.82, 2.24) is 5.32 Å². The Morgan fingerprint density at radius 3 is 1.98 bits per heavy atom. The van der Waals surface area contributed by atoms with Crippen molar-refractivity contribution in [3.05, 3.63) is 64.7 Å². The molecule has 0 aliphatic heterocycles. The Morgan fingerprint density at radius 1 is 0.900 bits per heavy atom. The Labute approximate surface area is 233 Å². The molecule has 0 spiro atoms. The summed E-state index contributed by atoms with van der Waals surface area (Å²) < 4.78 is 74.1. The molecular weight excluding hydrogens is 561 g/mol. The van der Waals surface area contributed by atoms with Crippen LogP contribution in [0.1, 0.15) is 50.8 Å². The highest BCUT2D eigenvalue weighted by Gasteiger charge is 2.46. The number of carbonyl (C=O) groups is 4. The van der Waals surface area contributed by atoms with Crippen LogP contribution >= 0.6 is 11.6 Å². The Morgan fingerprint density at radius 2 is 1.48 bits per heavy atom. The molecule has 3 atom stereocenters. The number of ketones is 3. The first-order valence-electron chi connectivity index (χ1n) is 12.2. The van der Waals surface area contributed by atoms with Crippen molar-refractivity contribution < 1.29 is 45.9 Å². The normalized spacial score (nSPS) is 14.3. The Kier molecular flexibility index (Phi) is 11.0. The first-order valence-corrected chi connectivity index (χ1v) is 12.6. The van der Waals surface area contributed by atoms with E-state index in [1.54, 1.807) is 0 Å². The first-order chi connectivity index (χ1) is 18.5. The molecule has 12 heteroatoms. The van der Waals surface area contributed by atoms with Gasteiger partial charge in [-0.1, -0.05) is 62.7 Å². The number of rotatable bonds is 13. The highest BCUT2D eigenvalue weighted by molar-refractivity contribution is 6.31. The summed E-state index contributed by atoms with van der Waals surface area (Å²) in [5, 5.41) is 2.02. The highest BCUT2D eigenvalue weighted by Crippen LogP contribution is 2.36. The predicted molar refractivity (Wildman–Crippen MR) is 137 cm³/mol. The minimum absolute atomic E-state index is 0.154. The van der Waals surface area contributed by atoms with Crippen LogP contribution in [0, 0.1) is 17.8 Å². The van der Waals surface area contributed by atoms with Gasteiger partial charge in [-0.25, -0.2) is 0 Å². The van der Waals surface area contributed by atoms with E-state index in [2.05, 4.69) is 5.32 Å². The van der Waals surface area contributed by atoms with Crippen LogP contribution in [0.4, 0.5) is 22.0 Å². The second-order valence-corrected chi connectivity index (χ2v) is 10.1. The summed E-state index contributed by atoms with van der Waals surface area (Å²) in [5.41, 5.74) is -0.573. The lowest BCUT2D eigenvalue weighted by Crippen LogP contribution is -2.41. The molecule has 0 saturated carbocycles. The molecule has 2 aromatic carbocycles. The summed E-state index contributed by atoms with van der Waals surface area (Å²) in [7, 11) is 1.38. The molecule has 0 aliphatic carbocycles. The first kappa shape index (κ1) is 32.9. The molecule has 0 aliphatic rings. The van der Waals surface area contributed by atoms with Crippen LogP contribution in [0.2, 0.25) is 5.02 Å². The number of carbonyl (C=O) groups excluding carboxylic acids is 4. The molecule has 0 aromatic heterocycles. The summed E-state index contributed by atoms with van der Waals surface area (Å²) >= 11 is 5.81. The quantitative estimate of drug-likeness (QED) is 0.279. The molecule has 0 saturated heterocycles. The fourth-order valence-electron chi connectivity index (χ4n) is 3.97. The highest BCUT2D eigenvalue weighted by atomic mass is 35.5. The van der Waals surface area contributed by atoms with Gasteiger partial charge in [-0.3, -0.25) is 19.2 Å². The van der Waals surface area contributed by atoms with Gasteiger partial charge in [0.05, 0.1) is 12.1 Å². The van der Waals surface area contributed by atoms with Crippen molar-refractivity contribution in [3.8, 4) is 5.75 Å². The third-order valence-electron chi connectivity index (χ3n) is 6.40. The van der Waals surface area contributed by atoms with E-state index in [4.69, 9.17) is 16.3 Å². The zero-order chi connectivity index (χ0) is 30.4. The fraction of sp³-hybridized carbons (Fsp3) is 0.429. The Balaban J connectivity index is 2.30. The van der Waals surface area contributed by atoms with Crippen molar-refractivity contribution in [2.45, 2.75) is 51.8 Å². The van der Waals surface area contributed by atoms with Gasteiger partial charge in [-0.15, -0.1) is 0 Å². The Hall–Kier alpha value is -3.34. The maximum absolute atomic E-state index is 14.8. The lowest BCUT2D eigenvalue weighted by atomic mass is 9.84. The van der Waals surface area contributed by atoms with Gasteiger partial charge in [-0.05, 0) is 29.7 Å². The second kappa shape index (κ2) is 13.3. The van der Waals surface area contributed by atoms with Crippen LogP contribution in [0.3, 0.4) is 0 Å². The van der Waals surface area contributed by atoms with Crippen LogP contribution in [-0.4, -0.2) is 36.5 Å². The van der Waals surface area contributed by atoms with E-state index in [0.29, 0.717) is 5.75 Å². The lowest BCUT2D eigenvalue weighted by Gasteiger charge is -2.25. The van der Waals surface area contributed by atoms with E-state index < -0.39 is 77.6 Å². The van der Waals surface area contributed by atoms with E-state index in [-0.39, 0.29) is 10.6 Å². The van der Waals surface area contributed by atoms with E-state index in [1.807, 2.05) is 0 Å². The van der Waals surface area contributed by atoms with Gasteiger partial charge in [0, 0.05) is 30.2 Å². The van der Waals surface area contributed by atoms with Gasteiger partial charge >= 0.3 is 12.1 Å². The minimum atomic E-state index is -5.17. The number of methoxy groups -OCH3 is 1. The van der Waals surface area contributed by atoms with Crippen molar-refractivity contribution >= 4 is 34.9 Å². The molecule has 2 rings (SSSR count). The lowest BCUT2D eigenvalue weighted by molar-refractivity contribution is -0.177. The van der Waals surface area contributed by atoms with Crippen LogP contribution in [0.15, 0.2) is 48.5 Å². The molecule has 0 unspecified atom stereocenters. The number of ether oxygens (including phenoxy) is 1. The number of nitrogens with one attached hydrogen (secondary N) is 1. The number of alkyl halides is 5. The van der Waals surface area contributed by atoms with Gasteiger partial charge in [0.25, 0.3) is 0 Å². The molecule has 0 radical (unpaired) electrons. The predicted octanol–water partition coefficient (Wildman–Crippen LogP) is 6.26. The molecule has 0 bridgehead atoms. The third-order valence-corrected chi connectivity index (χ3v) is 6.73. The second-order valence-electron chi connectivity index (χ2n) is 9.68. The van der Waals surface area contributed by atoms with Crippen LogP contribution in [-0.2, 0) is 25.1 Å². The number of hydrogen-bond acceptors (Lipinski definition) is 5. The number of Topliss-reactive ketones (excluding diaryl/α,β-unsaturated/α-hetero) is 3. The van der Waals surface area contributed by atoms with Gasteiger partial charge in [0.1, 0.15) is 11.8 Å². The third kappa shape index (κ3) is 8.09. The summed E-state index contributed by atoms with van der Waals surface area (Å²) in [6.07, 6.45) is -6.94. The van der Waals surface area contributed by atoms with Crippen molar-refractivity contribution in [2.75, 3.05) is 7.11 Å². The molecule has 1 N–H and O–H groups in total. The molecular formula is C28H29ClF5NO5. The minimum Gasteiger partial charge on any atom is -0.497 e. The monoisotopic (exact) mass is 589 g/mol. The van der Waals surface area contributed by atoms with Crippen molar-refractivity contribution in [3.63, 3.8) is 0 Å². The van der Waals surface area contributed by atoms with Gasteiger partial charge in [-0.2, -0.15) is 22.0 Å². The SMILES string of the molecule is COc1ccc([C@H](NC(=O)[C@H](C)CC(=O)C(F)(F)c2ccccc2Cl)C(=O)C[C@H](C(=O)C(F)(F)F)C(C)C)cc1. The van der Waals surface area contributed by atoms with Crippen LogP contribution < -0.4 is 10.1 Å². The van der Waals surface area contributed by atoms with Gasteiger partial charge in [0.15, 0.2) is 5.78 Å². The molecule has 0 fully saturated rings. The summed E-state index contributed by atoms with van der Waals surface area (Å²) in [6, 6.07) is 8.99. The maximum atomic E-state index is 14.8. The van der Waals surface area contributed by atoms with E-state index >= 15 is 0 Å². The van der Waals surface area contributed by atoms with E-state index in [9.17, 15) is 41.1 Å². The maximum Gasteiger partial charge on any atom is 0.450 e. The number of halogens is 6. The zero-order valence-electron chi connectivity index (χ0n) is 22.2. The molecule has 218 valence electrons. The molecule has 40 heavy (non-hydrogen) atoms. The van der Waals surface area contributed by atoms with E-state index in [0.717, 1.165) is 6.07 Å². The van der Waals surface area contributed by atoms with Crippen LogP contribution in [0.25, 0.3) is 0 Å². The average Bonchev–Trinajstić information content (AvgIpc) is 2.89. The summed E-state index contributed by atoms with van der Waals surface area (Å²) in [5.74, 6) is -13.1. The number of benzene rings is 2. The zero-order valence-corrected chi connectivity index (χ0v) is 22.9. The molecule has 1 amide bonds. The van der Waals surface area contributed by atoms with Crippen molar-refractivity contribution in [1.29, 1.82) is 0 Å². The van der Waals surface area contributed by atoms with Crippen LogP contribution in [0.5, 0.6) is 5.75 Å². The van der Waals surface area contributed by atoms with Gasteiger partial charge in [0.2, 0.25) is 17.5 Å². The van der Waals surface area contributed by atoms with Crippen molar-refractivity contribution in [2.24, 2.45) is 17.8 Å². The standard InChI is InChI=1S/C28H29ClF5NO5/c1-15(2)19(25(38)28(32,33)34)14-22(36)24(17-9-11-18(40-4)12-10-17)35-26(39)16(3)13-23(37)27(30,31)20-7-5-6-8-21(20)29/h5-12,15-16,19,24H,13-14H2,1-4H3,(H,35,39)/t16-,19+,24+/m1/s1. The van der Waals surface area contributed by atoms with Gasteiger partial charge < -0.3 is 10.1 Å². The summed E-state index contributed by atoms with van der Waals surface area (Å²) in [6.45, 7) is 3.90. The fourth-order valence-corrected chi connectivity index (χ4v) is 4.23. The molecule has 2 aromatic rings. The number of amides is 1. The summed E-state index contributed by atoms with van der Waals surface area (Å²) in [4.78, 5) is 50.7.